The second-order valence-electron chi connectivity index (χ2n) is 7.78. The maximum atomic E-state index is 12.1. The molecule has 0 aliphatic rings. The summed E-state index contributed by atoms with van der Waals surface area (Å²) in [5, 5.41) is 10.6. The average Bonchev–Trinajstić information content (AvgIpc) is 2.51. The number of esters is 1. The highest BCUT2D eigenvalue weighted by atomic mass is 28.3. The fourth-order valence-electron chi connectivity index (χ4n) is 2.52. The molecule has 0 amide bonds. The molecule has 24 heavy (non-hydrogen) atoms. The van der Waals surface area contributed by atoms with E-state index in [0.717, 1.165) is 5.56 Å². The quantitative estimate of drug-likeness (QED) is 0.567. The van der Waals surface area contributed by atoms with Crippen molar-refractivity contribution >= 4 is 14.0 Å². The number of carbonyl (C=O) groups excluding carboxylic acids is 1. The topological polar surface area (TPSA) is 55.8 Å². The third kappa shape index (κ3) is 5.43. The number of ether oxygens (including phenoxy) is 2. The molecule has 1 aromatic carbocycles. The van der Waals surface area contributed by atoms with E-state index >= 15 is 0 Å². The number of hydrogen-bond donors (Lipinski definition) is 1. The van der Waals surface area contributed by atoms with Crippen LogP contribution in [0.15, 0.2) is 30.3 Å². The standard InChI is InChI=1S/C19H32O4Si/c1-7-23-18(21)17(20)16(24(5,6)19(2,3)4)14-22-13-15-11-9-8-10-12-15/h8-12,16-17,20H,7,13-14H2,1-6H3/t16?,17-/m1/s1. The van der Waals surface area contributed by atoms with Crippen molar-refractivity contribution in [2.75, 3.05) is 13.2 Å². The summed E-state index contributed by atoms with van der Waals surface area (Å²) in [6.07, 6.45) is -1.14. The Kier molecular flexibility index (Phi) is 7.64. The molecule has 0 heterocycles. The number of aliphatic hydroxyl groups excluding tert-OH is 1. The molecule has 0 bridgehead atoms. The smallest absolute Gasteiger partial charge is 0.335 e. The van der Waals surface area contributed by atoms with Gasteiger partial charge in [-0.05, 0) is 17.5 Å². The van der Waals surface area contributed by atoms with Gasteiger partial charge in [-0.15, -0.1) is 0 Å². The lowest BCUT2D eigenvalue weighted by molar-refractivity contribution is -0.154. The summed E-state index contributed by atoms with van der Waals surface area (Å²) >= 11 is 0. The molecule has 0 aliphatic carbocycles. The zero-order valence-electron chi connectivity index (χ0n) is 15.8. The van der Waals surface area contributed by atoms with Crippen molar-refractivity contribution < 1.29 is 19.4 Å². The molecule has 1 unspecified atom stereocenters. The van der Waals surface area contributed by atoms with Crippen molar-refractivity contribution in [3.63, 3.8) is 0 Å². The van der Waals surface area contributed by atoms with Gasteiger partial charge in [0.25, 0.3) is 0 Å². The lowest BCUT2D eigenvalue weighted by Crippen LogP contribution is -2.50. The molecule has 0 saturated carbocycles. The minimum Gasteiger partial charge on any atom is -0.464 e. The molecule has 0 aliphatic heterocycles. The van der Waals surface area contributed by atoms with Crippen molar-refractivity contribution in [2.24, 2.45) is 0 Å². The Bertz CT molecular complexity index is 508. The minimum atomic E-state index is -2.00. The lowest BCUT2D eigenvalue weighted by Gasteiger charge is -2.44. The van der Waals surface area contributed by atoms with E-state index in [1.165, 1.54) is 0 Å². The highest BCUT2D eigenvalue weighted by Gasteiger charge is 2.47. The lowest BCUT2D eigenvalue weighted by atomic mass is 10.2. The Morgan fingerprint density at radius 1 is 1.21 bits per heavy atom. The first-order valence-electron chi connectivity index (χ1n) is 8.57. The molecule has 136 valence electrons. The van der Waals surface area contributed by atoms with E-state index in [-0.39, 0.29) is 17.2 Å². The Morgan fingerprint density at radius 3 is 2.29 bits per heavy atom. The fourth-order valence-corrected chi connectivity index (χ4v) is 5.09. The summed E-state index contributed by atoms with van der Waals surface area (Å²) in [6, 6.07) is 9.91. The van der Waals surface area contributed by atoms with Gasteiger partial charge < -0.3 is 14.6 Å². The van der Waals surface area contributed by atoms with Gasteiger partial charge in [0.1, 0.15) is 0 Å². The molecule has 1 N–H and O–H groups in total. The molecule has 1 rings (SSSR count). The van der Waals surface area contributed by atoms with Crippen LogP contribution < -0.4 is 0 Å². The summed E-state index contributed by atoms with van der Waals surface area (Å²) in [4.78, 5) is 12.1. The maximum Gasteiger partial charge on any atom is 0.335 e. The summed E-state index contributed by atoms with van der Waals surface area (Å²) in [5.41, 5.74) is 0.859. The van der Waals surface area contributed by atoms with Crippen molar-refractivity contribution in [3.05, 3.63) is 35.9 Å². The van der Waals surface area contributed by atoms with E-state index in [2.05, 4.69) is 33.9 Å². The fraction of sp³-hybridized carbons (Fsp3) is 0.632. The molecule has 2 atom stereocenters. The Hall–Kier alpha value is -1.17. The van der Waals surface area contributed by atoms with Gasteiger partial charge in [0.15, 0.2) is 6.10 Å². The number of rotatable bonds is 8. The van der Waals surface area contributed by atoms with E-state index in [4.69, 9.17) is 9.47 Å². The van der Waals surface area contributed by atoms with E-state index in [9.17, 15) is 9.90 Å². The molecule has 0 aromatic heterocycles. The van der Waals surface area contributed by atoms with Crippen LogP contribution in [-0.2, 0) is 20.9 Å². The molecule has 0 radical (unpaired) electrons. The molecular weight excluding hydrogens is 320 g/mol. The van der Waals surface area contributed by atoms with Gasteiger partial charge >= 0.3 is 5.97 Å². The monoisotopic (exact) mass is 352 g/mol. The van der Waals surface area contributed by atoms with E-state index in [1.807, 2.05) is 30.3 Å². The van der Waals surface area contributed by atoms with Crippen molar-refractivity contribution in [1.29, 1.82) is 0 Å². The van der Waals surface area contributed by atoms with Gasteiger partial charge in [-0.25, -0.2) is 4.79 Å². The van der Waals surface area contributed by atoms with Crippen molar-refractivity contribution in [3.8, 4) is 0 Å². The predicted molar refractivity (Wildman–Crippen MR) is 99.7 cm³/mol. The highest BCUT2D eigenvalue weighted by molar-refractivity contribution is 6.81. The van der Waals surface area contributed by atoms with Crippen LogP contribution in [0.2, 0.25) is 23.7 Å². The van der Waals surface area contributed by atoms with Gasteiger partial charge in [0.05, 0.1) is 27.9 Å². The van der Waals surface area contributed by atoms with Crippen LogP contribution in [0.25, 0.3) is 0 Å². The summed E-state index contributed by atoms with van der Waals surface area (Å²) in [7, 11) is -2.00. The molecule has 1 aromatic rings. The largest absolute Gasteiger partial charge is 0.464 e. The zero-order valence-corrected chi connectivity index (χ0v) is 16.8. The molecule has 0 saturated heterocycles. The van der Waals surface area contributed by atoms with Crippen LogP contribution in [0.4, 0.5) is 0 Å². The van der Waals surface area contributed by atoms with Crippen molar-refractivity contribution in [1.82, 2.24) is 0 Å². The van der Waals surface area contributed by atoms with E-state index in [1.54, 1.807) is 6.92 Å². The van der Waals surface area contributed by atoms with Crippen LogP contribution >= 0.6 is 0 Å². The van der Waals surface area contributed by atoms with E-state index < -0.39 is 20.1 Å². The number of carbonyl (C=O) groups is 1. The third-order valence-corrected chi connectivity index (χ3v) is 11.4. The Balaban J connectivity index is 2.86. The van der Waals surface area contributed by atoms with Crippen molar-refractivity contribution in [2.45, 2.75) is 64.1 Å². The Morgan fingerprint density at radius 2 is 1.79 bits per heavy atom. The number of benzene rings is 1. The molecule has 4 nitrogen and oxygen atoms in total. The Labute approximate surface area is 147 Å². The first kappa shape index (κ1) is 20.9. The molecule has 0 fully saturated rings. The third-order valence-electron chi connectivity index (χ3n) is 5.18. The maximum absolute atomic E-state index is 12.1. The van der Waals surface area contributed by atoms with Gasteiger partial charge in [-0.2, -0.15) is 0 Å². The zero-order chi connectivity index (χ0) is 18.4. The molecular formula is C19H32O4Si. The second-order valence-corrected chi connectivity index (χ2v) is 13.5. The van der Waals surface area contributed by atoms with Crippen LogP contribution in [0.3, 0.4) is 0 Å². The van der Waals surface area contributed by atoms with Gasteiger partial charge in [-0.1, -0.05) is 64.2 Å². The average molecular weight is 353 g/mol. The summed E-state index contributed by atoms with van der Waals surface area (Å²) < 4.78 is 10.9. The number of aliphatic hydroxyl groups is 1. The van der Waals surface area contributed by atoms with Crippen LogP contribution in [0.1, 0.15) is 33.3 Å². The molecule has 0 spiro atoms. The van der Waals surface area contributed by atoms with Gasteiger partial charge in [-0.3, -0.25) is 0 Å². The van der Waals surface area contributed by atoms with Gasteiger partial charge in [0, 0.05) is 5.54 Å². The summed E-state index contributed by atoms with van der Waals surface area (Å²) in [6.45, 7) is 13.7. The molecule has 5 heteroatoms. The normalized spacial score (nSPS) is 15.0. The SMILES string of the molecule is CCOC(=O)[C@H](O)C(COCc1ccccc1)[Si](C)(C)C(C)(C)C. The first-order valence-corrected chi connectivity index (χ1v) is 11.7. The number of hydrogen-bond acceptors (Lipinski definition) is 4. The van der Waals surface area contributed by atoms with Crippen LogP contribution in [0.5, 0.6) is 0 Å². The predicted octanol–water partition coefficient (Wildman–Crippen LogP) is 4.01. The second kappa shape index (κ2) is 8.79. The van der Waals surface area contributed by atoms with E-state index in [0.29, 0.717) is 13.2 Å². The highest BCUT2D eigenvalue weighted by Crippen LogP contribution is 2.45. The minimum absolute atomic E-state index is 0.0290. The summed E-state index contributed by atoms with van der Waals surface area (Å²) in [5.74, 6) is -0.546. The van der Waals surface area contributed by atoms with Crippen LogP contribution in [0, 0.1) is 0 Å². The first-order chi connectivity index (χ1) is 11.1. The van der Waals surface area contributed by atoms with Crippen LogP contribution in [-0.4, -0.2) is 38.5 Å². The van der Waals surface area contributed by atoms with Gasteiger partial charge in [0.2, 0.25) is 0 Å².